The van der Waals surface area contributed by atoms with E-state index in [1.165, 1.54) is 0 Å². The van der Waals surface area contributed by atoms with Gasteiger partial charge in [0.15, 0.2) is 0 Å². The van der Waals surface area contributed by atoms with Crippen LogP contribution in [0, 0.1) is 13.8 Å². The third-order valence-corrected chi connectivity index (χ3v) is 4.05. The molecule has 2 aromatic rings. The standard InChI is InChI=1S/C17H20BrNO/c1-11-7-12(2)9-14(8-11)17(20)16(10-19)13-3-5-15(18)6-4-13/h3-9,16-17,20H,10,19H2,1-2H3. The smallest absolute Gasteiger partial charge is 0.0870 e. The first-order valence-corrected chi connectivity index (χ1v) is 7.52. The van der Waals surface area contributed by atoms with E-state index in [0.29, 0.717) is 6.54 Å². The highest BCUT2D eigenvalue weighted by atomic mass is 79.9. The highest BCUT2D eigenvalue weighted by molar-refractivity contribution is 9.10. The Labute approximate surface area is 128 Å². The molecule has 0 heterocycles. The van der Waals surface area contributed by atoms with E-state index in [2.05, 4.69) is 22.0 Å². The summed E-state index contributed by atoms with van der Waals surface area (Å²) in [4.78, 5) is 0. The summed E-state index contributed by atoms with van der Waals surface area (Å²) in [5, 5.41) is 10.7. The maximum absolute atomic E-state index is 10.7. The van der Waals surface area contributed by atoms with Crippen molar-refractivity contribution in [2.24, 2.45) is 5.73 Å². The van der Waals surface area contributed by atoms with Gasteiger partial charge in [-0.05, 0) is 37.1 Å². The largest absolute Gasteiger partial charge is 0.388 e. The Kier molecular flexibility index (Phi) is 4.97. The molecular formula is C17H20BrNO. The second-order valence-electron chi connectivity index (χ2n) is 5.26. The van der Waals surface area contributed by atoms with Crippen molar-refractivity contribution in [1.29, 1.82) is 0 Å². The summed E-state index contributed by atoms with van der Waals surface area (Å²) < 4.78 is 1.03. The minimum absolute atomic E-state index is 0.0932. The van der Waals surface area contributed by atoms with Crippen LogP contribution < -0.4 is 5.73 Å². The molecule has 0 spiro atoms. The third-order valence-electron chi connectivity index (χ3n) is 3.52. The first-order chi connectivity index (χ1) is 9.51. The fraction of sp³-hybridized carbons (Fsp3) is 0.294. The zero-order valence-corrected chi connectivity index (χ0v) is 13.4. The molecule has 3 heteroatoms. The topological polar surface area (TPSA) is 46.2 Å². The summed E-state index contributed by atoms with van der Waals surface area (Å²) >= 11 is 3.42. The Morgan fingerprint density at radius 3 is 2.05 bits per heavy atom. The van der Waals surface area contributed by atoms with Crippen LogP contribution in [0.1, 0.15) is 34.3 Å². The number of halogens is 1. The first-order valence-electron chi connectivity index (χ1n) is 6.73. The molecule has 0 radical (unpaired) electrons. The lowest BCUT2D eigenvalue weighted by molar-refractivity contribution is 0.147. The van der Waals surface area contributed by atoms with E-state index < -0.39 is 6.10 Å². The molecule has 0 fully saturated rings. The van der Waals surface area contributed by atoms with Gasteiger partial charge in [-0.1, -0.05) is 57.4 Å². The van der Waals surface area contributed by atoms with Crippen LogP contribution in [0.15, 0.2) is 46.9 Å². The van der Waals surface area contributed by atoms with Crippen LogP contribution in [0.4, 0.5) is 0 Å². The molecule has 2 nitrogen and oxygen atoms in total. The number of rotatable bonds is 4. The Balaban J connectivity index is 2.33. The van der Waals surface area contributed by atoms with Gasteiger partial charge in [-0.3, -0.25) is 0 Å². The van der Waals surface area contributed by atoms with Crippen LogP contribution >= 0.6 is 15.9 Å². The maximum Gasteiger partial charge on any atom is 0.0870 e. The van der Waals surface area contributed by atoms with Crippen LogP contribution in [0.5, 0.6) is 0 Å². The molecule has 0 bridgehead atoms. The van der Waals surface area contributed by atoms with Crippen LogP contribution in [-0.4, -0.2) is 11.7 Å². The molecule has 0 aliphatic rings. The van der Waals surface area contributed by atoms with E-state index in [-0.39, 0.29) is 5.92 Å². The second-order valence-corrected chi connectivity index (χ2v) is 6.18. The molecule has 2 rings (SSSR count). The Morgan fingerprint density at radius 1 is 1.00 bits per heavy atom. The van der Waals surface area contributed by atoms with E-state index in [0.717, 1.165) is 26.7 Å². The predicted octanol–water partition coefficient (Wildman–Crippen LogP) is 3.84. The molecule has 0 saturated carbocycles. The van der Waals surface area contributed by atoms with Gasteiger partial charge in [-0.15, -0.1) is 0 Å². The van der Waals surface area contributed by atoms with Gasteiger partial charge in [0, 0.05) is 16.9 Å². The molecule has 0 amide bonds. The number of hydrogen-bond acceptors (Lipinski definition) is 2. The van der Waals surface area contributed by atoms with Crippen molar-refractivity contribution in [1.82, 2.24) is 0 Å². The lowest BCUT2D eigenvalue weighted by atomic mass is 9.88. The quantitative estimate of drug-likeness (QED) is 0.892. The van der Waals surface area contributed by atoms with Gasteiger partial charge in [0.25, 0.3) is 0 Å². The lowest BCUT2D eigenvalue weighted by Crippen LogP contribution is -2.20. The summed E-state index contributed by atoms with van der Waals surface area (Å²) in [5.74, 6) is -0.0932. The number of aliphatic hydroxyl groups excluding tert-OH is 1. The molecule has 2 aromatic carbocycles. The average molecular weight is 334 g/mol. The number of hydrogen-bond donors (Lipinski definition) is 2. The number of nitrogens with two attached hydrogens (primary N) is 1. The van der Waals surface area contributed by atoms with Gasteiger partial charge in [0.1, 0.15) is 0 Å². The van der Waals surface area contributed by atoms with Crippen molar-refractivity contribution >= 4 is 15.9 Å². The zero-order chi connectivity index (χ0) is 14.7. The molecule has 0 aliphatic carbocycles. The van der Waals surface area contributed by atoms with Crippen molar-refractivity contribution in [3.8, 4) is 0 Å². The van der Waals surface area contributed by atoms with Crippen molar-refractivity contribution in [2.45, 2.75) is 25.9 Å². The molecule has 2 atom stereocenters. The highest BCUT2D eigenvalue weighted by Gasteiger charge is 2.21. The first kappa shape index (κ1) is 15.2. The normalized spacial score (nSPS) is 14.1. The van der Waals surface area contributed by atoms with E-state index in [9.17, 15) is 5.11 Å². The minimum atomic E-state index is -0.584. The van der Waals surface area contributed by atoms with Gasteiger partial charge >= 0.3 is 0 Å². The molecule has 0 aromatic heterocycles. The SMILES string of the molecule is Cc1cc(C)cc(C(O)C(CN)c2ccc(Br)cc2)c1. The summed E-state index contributed by atoms with van der Waals surface area (Å²) in [6.07, 6.45) is -0.584. The van der Waals surface area contributed by atoms with Crippen molar-refractivity contribution < 1.29 is 5.11 Å². The highest BCUT2D eigenvalue weighted by Crippen LogP contribution is 2.31. The maximum atomic E-state index is 10.7. The van der Waals surface area contributed by atoms with E-state index >= 15 is 0 Å². The van der Waals surface area contributed by atoms with Crippen LogP contribution in [0.2, 0.25) is 0 Å². The van der Waals surface area contributed by atoms with Gasteiger partial charge < -0.3 is 10.8 Å². The fourth-order valence-corrected chi connectivity index (χ4v) is 2.83. The molecule has 0 saturated heterocycles. The van der Waals surface area contributed by atoms with Crippen LogP contribution in [0.3, 0.4) is 0 Å². The summed E-state index contributed by atoms with van der Waals surface area (Å²) in [6.45, 7) is 4.50. The molecule has 3 N–H and O–H groups in total. The van der Waals surface area contributed by atoms with Crippen LogP contribution in [0.25, 0.3) is 0 Å². The van der Waals surface area contributed by atoms with Gasteiger partial charge in [0.05, 0.1) is 6.10 Å². The second kappa shape index (κ2) is 6.53. The third kappa shape index (κ3) is 3.48. The Bertz CT molecular complexity index is 560. The van der Waals surface area contributed by atoms with Crippen LogP contribution in [-0.2, 0) is 0 Å². The number of benzene rings is 2. The molecule has 20 heavy (non-hydrogen) atoms. The van der Waals surface area contributed by atoms with Crippen molar-refractivity contribution in [3.05, 3.63) is 69.2 Å². The van der Waals surface area contributed by atoms with Crippen molar-refractivity contribution in [3.63, 3.8) is 0 Å². The zero-order valence-electron chi connectivity index (χ0n) is 11.8. The number of aryl methyl sites for hydroxylation is 2. The van der Waals surface area contributed by atoms with Gasteiger partial charge in [0.2, 0.25) is 0 Å². The van der Waals surface area contributed by atoms with E-state index in [1.54, 1.807) is 0 Å². The lowest BCUT2D eigenvalue weighted by Gasteiger charge is -2.23. The molecule has 2 unspecified atom stereocenters. The minimum Gasteiger partial charge on any atom is -0.388 e. The van der Waals surface area contributed by atoms with Gasteiger partial charge in [-0.25, -0.2) is 0 Å². The molecular weight excluding hydrogens is 314 g/mol. The van der Waals surface area contributed by atoms with Crippen molar-refractivity contribution in [2.75, 3.05) is 6.54 Å². The predicted molar refractivity (Wildman–Crippen MR) is 86.8 cm³/mol. The Hall–Kier alpha value is -1.16. The molecule has 0 aliphatic heterocycles. The number of aliphatic hydroxyl groups is 1. The Morgan fingerprint density at radius 2 is 1.55 bits per heavy atom. The molecule has 106 valence electrons. The monoisotopic (exact) mass is 333 g/mol. The summed E-state index contributed by atoms with van der Waals surface area (Å²) in [5.41, 5.74) is 10.2. The van der Waals surface area contributed by atoms with E-state index in [4.69, 9.17) is 5.73 Å². The summed E-state index contributed by atoms with van der Waals surface area (Å²) in [7, 11) is 0. The summed E-state index contributed by atoms with van der Waals surface area (Å²) in [6, 6.07) is 14.1. The van der Waals surface area contributed by atoms with E-state index in [1.807, 2.05) is 50.2 Å². The fourth-order valence-electron chi connectivity index (χ4n) is 2.57. The average Bonchev–Trinajstić information content (AvgIpc) is 2.40. The van der Waals surface area contributed by atoms with Gasteiger partial charge in [-0.2, -0.15) is 0 Å².